The number of nitrogens with zero attached hydrogens (tertiary/aromatic N) is 1. The molecule has 36 heavy (non-hydrogen) atoms. The largest absolute Gasteiger partial charge is 0.456 e. The highest BCUT2D eigenvalue weighted by Crippen LogP contribution is 2.25. The average molecular weight is 475 g/mol. The van der Waals surface area contributed by atoms with Crippen LogP contribution in [0.4, 0.5) is 0 Å². The molecule has 0 atom stereocenters. The molecule has 0 spiro atoms. The molecule has 5 aromatic rings. The van der Waals surface area contributed by atoms with Gasteiger partial charge in [0, 0.05) is 30.5 Å². The summed E-state index contributed by atoms with van der Waals surface area (Å²) >= 11 is 0. The fourth-order valence-corrected chi connectivity index (χ4v) is 4.63. The van der Waals surface area contributed by atoms with Gasteiger partial charge in [-0.25, -0.2) is 4.79 Å². The van der Waals surface area contributed by atoms with E-state index in [4.69, 9.17) is 4.74 Å². The Morgan fingerprint density at radius 2 is 1.25 bits per heavy atom. The number of hydrogen-bond donors (Lipinski definition) is 1. The van der Waals surface area contributed by atoms with E-state index in [1.807, 2.05) is 24.3 Å². The summed E-state index contributed by atoms with van der Waals surface area (Å²) in [6.07, 6.45) is 0.849. The van der Waals surface area contributed by atoms with E-state index in [1.165, 1.54) is 22.1 Å². The first-order valence-corrected chi connectivity index (χ1v) is 12.4. The van der Waals surface area contributed by atoms with Gasteiger partial charge < -0.3 is 9.72 Å². The van der Waals surface area contributed by atoms with Crippen LogP contribution < -0.4 is 0 Å². The van der Waals surface area contributed by atoms with Crippen LogP contribution in [0.25, 0.3) is 10.9 Å². The summed E-state index contributed by atoms with van der Waals surface area (Å²) in [6, 6.07) is 38.6. The molecule has 5 rings (SSSR count). The summed E-state index contributed by atoms with van der Waals surface area (Å²) in [5, 5.41) is 1.18. The van der Waals surface area contributed by atoms with Crippen LogP contribution in [-0.4, -0.2) is 22.4 Å². The Balaban J connectivity index is 1.35. The fourth-order valence-electron chi connectivity index (χ4n) is 4.63. The van der Waals surface area contributed by atoms with Crippen molar-refractivity contribution in [2.75, 3.05) is 6.54 Å². The molecule has 1 aromatic heterocycles. The van der Waals surface area contributed by atoms with Crippen molar-refractivity contribution in [1.82, 2.24) is 9.88 Å². The highest BCUT2D eigenvalue weighted by molar-refractivity contribution is 5.89. The van der Waals surface area contributed by atoms with E-state index >= 15 is 0 Å². The topological polar surface area (TPSA) is 45.3 Å². The van der Waals surface area contributed by atoms with Crippen molar-refractivity contribution in [1.29, 1.82) is 0 Å². The van der Waals surface area contributed by atoms with Crippen molar-refractivity contribution in [3.63, 3.8) is 0 Å². The van der Waals surface area contributed by atoms with Gasteiger partial charge in [0.05, 0.1) is 11.3 Å². The molecule has 0 aliphatic heterocycles. The van der Waals surface area contributed by atoms with Gasteiger partial charge in [0.1, 0.15) is 6.61 Å². The molecule has 0 unspecified atom stereocenters. The van der Waals surface area contributed by atoms with E-state index < -0.39 is 0 Å². The quantitative estimate of drug-likeness (QED) is 0.227. The number of para-hydroxylation sites is 1. The van der Waals surface area contributed by atoms with Crippen molar-refractivity contribution in [2.24, 2.45) is 0 Å². The van der Waals surface area contributed by atoms with E-state index in [2.05, 4.69) is 88.7 Å². The number of rotatable bonds is 10. The molecule has 4 heteroatoms. The smallest absolute Gasteiger partial charge is 0.338 e. The number of H-pyrrole nitrogens is 1. The zero-order valence-electron chi connectivity index (χ0n) is 20.3. The van der Waals surface area contributed by atoms with Crippen LogP contribution in [0.3, 0.4) is 0 Å². The third-order valence-corrected chi connectivity index (χ3v) is 6.44. The van der Waals surface area contributed by atoms with Gasteiger partial charge in [0.25, 0.3) is 0 Å². The number of nitrogens with one attached hydrogen (secondary N) is 1. The van der Waals surface area contributed by atoms with Gasteiger partial charge in [0.2, 0.25) is 0 Å². The molecule has 0 aliphatic rings. The van der Waals surface area contributed by atoms with E-state index in [1.54, 1.807) is 12.1 Å². The minimum Gasteiger partial charge on any atom is -0.456 e. The van der Waals surface area contributed by atoms with Gasteiger partial charge in [-0.2, -0.15) is 0 Å². The Hall–Kier alpha value is -4.15. The number of carbonyl (C=O) groups is 1. The van der Waals surface area contributed by atoms with E-state index in [9.17, 15) is 4.79 Å². The number of esters is 1. The maximum Gasteiger partial charge on any atom is 0.338 e. The molecule has 0 bridgehead atoms. The predicted octanol–water partition coefficient (Wildman–Crippen LogP) is 6.77. The lowest BCUT2D eigenvalue weighted by Crippen LogP contribution is -2.25. The molecule has 180 valence electrons. The summed E-state index contributed by atoms with van der Waals surface area (Å²) in [5.74, 6) is -0.310. The van der Waals surface area contributed by atoms with Gasteiger partial charge >= 0.3 is 5.97 Å². The van der Waals surface area contributed by atoms with Crippen LogP contribution in [0.2, 0.25) is 0 Å². The Kier molecular flexibility index (Phi) is 7.55. The first-order chi connectivity index (χ1) is 17.8. The molecule has 1 N–H and O–H groups in total. The molecule has 1 heterocycles. The van der Waals surface area contributed by atoms with Crippen LogP contribution in [0.15, 0.2) is 115 Å². The van der Waals surface area contributed by atoms with Crippen molar-refractivity contribution in [2.45, 2.75) is 26.1 Å². The number of hydrogen-bond acceptors (Lipinski definition) is 3. The molecule has 0 saturated carbocycles. The zero-order chi connectivity index (χ0) is 24.6. The standard InChI is InChI=1S/C32H30N2O2/c35-32(27-16-8-3-9-17-27)36-24-31-29(28-18-10-11-19-30(28)33-31)20-21-34(22-25-12-4-1-5-13-25)23-26-14-6-2-7-15-26/h1-19,33H,20-24H2. The van der Waals surface area contributed by atoms with Crippen molar-refractivity contribution in [3.8, 4) is 0 Å². The lowest BCUT2D eigenvalue weighted by atomic mass is 10.1. The van der Waals surface area contributed by atoms with Gasteiger partial charge in [-0.3, -0.25) is 4.90 Å². The second-order valence-corrected chi connectivity index (χ2v) is 9.00. The average Bonchev–Trinajstić information content (AvgIpc) is 3.29. The SMILES string of the molecule is O=C(OCc1[nH]c2ccccc2c1CCN(Cc1ccccc1)Cc1ccccc1)c1ccccc1. The molecular formula is C32H30N2O2. The lowest BCUT2D eigenvalue weighted by molar-refractivity contribution is 0.0467. The second-order valence-electron chi connectivity index (χ2n) is 9.00. The van der Waals surface area contributed by atoms with Crippen LogP contribution in [0.5, 0.6) is 0 Å². The molecule has 0 amide bonds. The highest BCUT2D eigenvalue weighted by Gasteiger charge is 2.16. The lowest BCUT2D eigenvalue weighted by Gasteiger charge is -2.23. The normalized spacial score (nSPS) is 11.1. The summed E-state index contributed by atoms with van der Waals surface area (Å²) in [6.45, 7) is 2.84. The monoisotopic (exact) mass is 474 g/mol. The molecule has 4 aromatic carbocycles. The fraction of sp³-hybridized carbons (Fsp3) is 0.156. The third-order valence-electron chi connectivity index (χ3n) is 6.44. The highest BCUT2D eigenvalue weighted by atomic mass is 16.5. The molecule has 0 saturated heterocycles. The van der Waals surface area contributed by atoms with Crippen molar-refractivity contribution < 1.29 is 9.53 Å². The Bertz CT molecular complexity index is 1350. The van der Waals surface area contributed by atoms with E-state index in [-0.39, 0.29) is 12.6 Å². The third kappa shape index (κ3) is 5.91. The summed E-state index contributed by atoms with van der Waals surface area (Å²) in [7, 11) is 0. The minimum atomic E-state index is -0.310. The number of carbonyl (C=O) groups excluding carboxylic acids is 1. The van der Waals surface area contributed by atoms with Gasteiger partial charge in [-0.05, 0) is 41.3 Å². The van der Waals surface area contributed by atoms with Crippen molar-refractivity contribution >= 4 is 16.9 Å². The van der Waals surface area contributed by atoms with Crippen LogP contribution in [0.1, 0.15) is 32.7 Å². The maximum absolute atomic E-state index is 12.6. The number of aromatic nitrogens is 1. The second kappa shape index (κ2) is 11.5. The first-order valence-electron chi connectivity index (χ1n) is 12.4. The van der Waals surface area contributed by atoms with E-state index in [0.717, 1.165) is 37.3 Å². The van der Waals surface area contributed by atoms with Gasteiger partial charge in [0.15, 0.2) is 0 Å². The van der Waals surface area contributed by atoms with Gasteiger partial charge in [-0.15, -0.1) is 0 Å². The van der Waals surface area contributed by atoms with Crippen LogP contribution in [0, 0.1) is 0 Å². The number of fused-ring (bicyclic) bond motifs is 1. The van der Waals surface area contributed by atoms with Gasteiger partial charge in [-0.1, -0.05) is 97.1 Å². The van der Waals surface area contributed by atoms with Crippen LogP contribution in [-0.2, 0) is 30.9 Å². The number of aromatic amines is 1. The zero-order valence-corrected chi connectivity index (χ0v) is 20.3. The van der Waals surface area contributed by atoms with Crippen LogP contribution >= 0.6 is 0 Å². The number of ether oxygens (including phenoxy) is 1. The van der Waals surface area contributed by atoms with Crippen molar-refractivity contribution in [3.05, 3.63) is 143 Å². The molecular weight excluding hydrogens is 444 g/mol. The number of benzene rings is 4. The Labute approximate surface area is 212 Å². The summed E-state index contributed by atoms with van der Waals surface area (Å²) in [5.41, 5.74) is 6.38. The molecule has 4 nitrogen and oxygen atoms in total. The molecule has 0 aliphatic carbocycles. The summed E-state index contributed by atoms with van der Waals surface area (Å²) in [4.78, 5) is 18.5. The maximum atomic E-state index is 12.6. The summed E-state index contributed by atoms with van der Waals surface area (Å²) < 4.78 is 5.70. The minimum absolute atomic E-state index is 0.217. The Morgan fingerprint density at radius 1 is 0.694 bits per heavy atom. The van der Waals surface area contributed by atoms with E-state index in [0.29, 0.717) is 5.56 Å². The molecule has 0 radical (unpaired) electrons. The first kappa shape index (κ1) is 23.6. The Morgan fingerprint density at radius 3 is 1.89 bits per heavy atom. The predicted molar refractivity (Wildman–Crippen MR) is 145 cm³/mol. The molecule has 0 fully saturated rings.